The lowest BCUT2D eigenvalue weighted by Crippen LogP contribution is -2.56. The van der Waals surface area contributed by atoms with Gasteiger partial charge in [-0.2, -0.15) is 0 Å². The first-order valence-electron chi connectivity index (χ1n) is 6.38. The first kappa shape index (κ1) is 16.3. The standard InChI is InChI=1S/C14H19ClN2O.ClH/c1-14(8-2-3-9-17-14)13(18)16-10-11-4-6-12(15)7-5-11;/h4-7,17H,2-3,8-10H2,1H3,(H,16,18);1H. The number of hydrogen-bond acceptors (Lipinski definition) is 2. The molecule has 1 aliphatic rings. The van der Waals surface area contributed by atoms with Crippen LogP contribution in [0.25, 0.3) is 0 Å². The third-order valence-corrected chi connectivity index (χ3v) is 3.74. The Bertz CT molecular complexity index is 414. The molecule has 0 spiro atoms. The topological polar surface area (TPSA) is 41.1 Å². The molecule has 1 saturated heterocycles. The van der Waals surface area contributed by atoms with E-state index in [0.717, 1.165) is 31.4 Å². The van der Waals surface area contributed by atoms with Gasteiger partial charge in [-0.1, -0.05) is 23.7 Å². The zero-order chi connectivity index (χ0) is 13.0. The third-order valence-electron chi connectivity index (χ3n) is 3.49. The van der Waals surface area contributed by atoms with E-state index in [1.807, 2.05) is 31.2 Å². The minimum absolute atomic E-state index is 0. The number of piperidine rings is 1. The largest absolute Gasteiger partial charge is 0.350 e. The number of carbonyl (C=O) groups is 1. The van der Waals surface area contributed by atoms with Crippen molar-refractivity contribution in [2.75, 3.05) is 6.54 Å². The average molecular weight is 303 g/mol. The normalized spacial score (nSPS) is 22.4. The van der Waals surface area contributed by atoms with Gasteiger partial charge in [0.1, 0.15) is 0 Å². The zero-order valence-electron chi connectivity index (χ0n) is 11.0. The Morgan fingerprint density at radius 2 is 2.05 bits per heavy atom. The molecule has 1 fully saturated rings. The summed E-state index contributed by atoms with van der Waals surface area (Å²) in [7, 11) is 0. The van der Waals surface area contributed by atoms with Crippen molar-refractivity contribution in [3.05, 3.63) is 34.9 Å². The summed E-state index contributed by atoms with van der Waals surface area (Å²) < 4.78 is 0. The molecule has 1 unspecified atom stereocenters. The maximum atomic E-state index is 12.2. The molecule has 0 bridgehead atoms. The van der Waals surface area contributed by atoms with Gasteiger partial charge in [0.2, 0.25) is 5.91 Å². The molecule has 2 N–H and O–H groups in total. The summed E-state index contributed by atoms with van der Waals surface area (Å²) in [6.45, 7) is 3.45. The Hall–Kier alpha value is -0.770. The van der Waals surface area contributed by atoms with Crippen LogP contribution in [-0.2, 0) is 11.3 Å². The minimum Gasteiger partial charge on any atom is -0.350 e. The van der Waals surface area contributed by atoms with Gasteiger partial charge in [-0.05, 0) is 50.4 Å². The lowest BCUT2D eigenvalue weighted by Gasteiger charge is -2.33. The van der Waals surface area contributed by atoms with Crippen LogP contribution in [0, 0.1) is 0 Å². The second kappa shape index (κ2) is 7.13. The highest BCUT2D eigenvalue weighted by Gasteiger charge is 2.33. The summed E-state index contributed by atoms with van der Waals surface area (Å²) in [5.74, 6) is 0.0807. The van der Waals surface area contributed by atoms with Gasteiger partial charge >= 0.3 is 0 Å². The van der Waals surface area contributed by atoms with Gasteiger partial charge in [-0.15, -0.1) is 12.4 Å². The number of rotatable bonds is 3. The Morgan fingerprint density at radius 1 is 1.37 bits per heavy atom. The Morgan fingerprint density at radius 3 is 2.63 bits per heavy atom. The Balaban J connectivity index is 0.00000180. The summed E-state index contributed by atoms with van der Waals surface area (Å²) in [6, 6.07) is 7.53. The van der Waals surface area contributed by atoms with Gasteiger partial charge in [0, 0.05) is 11.6 Å². The molecular weight excluding hydrogens is 283 g/mol. The summed E-state index contributed by atoms with van der Waals surface area (Å²) in [6.07, 6.45) is 3.16. The molecule has 0 radical (unpaired) electrons. The second-order valence-electron chi connectivity index (χ2n) is 5.03. The van der Waals surface area contributed by atoms with Crippen molar-refractivity contribution in [3.8, 4) is 0 Å². The van der Waals surface area contributed by atoms with Crippen molar-refractivity contribution < 1.29 is 4.79 Å². The highest BCUT2D eigenvalue weighted by molar-refractivity contribution is 6.30. The predicted molar refractivity (Wildman–Crippen MR) is 80.8 cm³/mol. The highest BCUT2D eigenvalue weighted by Crippen LogP contribution is 2.19. The fourth-order valence-corrected chi connectivity index (χ4v) is 2.36. The molecule has 1 heterocycles. The smallest absolute Gasteiger partial charge is 0.240 e. The van der Waals surface area contributed by atoms with E-state index in [9.17, 15) is 4.79 Å². The van der Waals surface area contributed by atoms with Crippen LogP contribution in [0.3, 0.4) is 0 Å². The maximum absolute atomic E-state index is 12.2. The van der Waals surface area contributed by atoms with E-state index in [0.29, 0.717) is 11.6 Å². The number of hydrogen-bond donors (Lipinski definition) is 2. The van der Waals surface area contributed by atoms with Crippen LogP contribution in [-0.4, -0.2) is 18.0 Å². The van der Waals surface area contributed by atoms with E-state index in [1.165, 1.54) is 0 Å². The van der Waals surface area contributed by atoms with E-state index in [2.05, 4.69) is 10.6 Å². The molecule has 1 aliphatic heterocycles. The molecule has 1 amide bonds. The molecule has 19 heavy (non-hydrogen) atoms. The lowest BCUT2D eigenvalue weighted by molar-refractivity contribution is -0.128. The van der Waals surface area contributed by atoms with E-state index in [1.54, 1.807) is 0 Å². The van der Waals surface area contributed by atoms with E-state index in [4.69, 9.17) is 11.6 Å². The molecule has 1 aromatic carbocycles. The van der Waals surface area contributed by atoms with Crippen molar-refractivity contribution in [2.24, 2.45) is 0 Å². The van der Waals surface area contributed by atoms with Crippen molar-refractivity contribution in [1.82, 2.24) is 10.6 Å². The van der Waals surface area contributed by atoms with Crippen LogP contribution in [0.4, 0.5) is 0 Å². The lowest BCUT2D eigenvalue weighted by atomic mass is 9.90. The molecule has 0 aliphatic carbocycles. The van der Waals surface area contributed by atoms with E-state index in [-0.39, 0.29) is 18.3 Å². The monoisotopic (exact) mass is 302 g/mol. The summed E-state index contributed by atoms with van der Waals surface area (Å²) in [5.41, 5.74) is 0.650. The van der Waals surface area contributed by atoms with Gasteiger partial charge < -0.3 is 10.6 Å². The van der Waals surface area contributed by atoms with Crippen LogP contribution in [0.15, 0.2) is 24.3 Å². The predicted octanol–water partition coefficient (Wildman–Crippen LogP) is 2.91. The second-order valence-corrected chi connectivity index (χ2v) is 5.46. The van der Waals surface area contributed by atoms with Gasteiger partial charge in [0.05, 0.1) is 5.54 Å². The van der Waals surface area contributed by atoms with Crippen LogP contribution >= 0.6 is 24.0 Å². The van der Waals surface area contributed by atoms with Gasteiger partial charge in [0.15, 0.2) is 0 Å². The van der Waals surface area contributed by atoms with Gasteiger partial charge in [-0.3, -0.25) is 4.79 Å². The van der Waals surface area contributed by atoms with E-state index < -0.39 is 5.54 Å². The Kier molecular flexibility index (Phi) is 6.11. The molecule has 1 atom stereocenters. The van der Waals surface area contributed by atoms with Crippen LogP contribution in [0.5, 0.6) is 0 Å². The summed E-state index contributed by atoms with van der Waals surface area (Å²) >= 11 is 5.82. The van der Waals surface area contributed by atoms with Crippen LogP contribution < -0.4 is 10.6 Å². The fraction of sp³-hybridized carbons (Fsp3) is 0.500. The zero-order valence-corrected chi connectivity index (χ0v) is 12.6. The number of benzene rings is 1. The number of carbonyl (C=O) groups excluding carboxylic acids is 1. The van der Waals surface area contributed by atoms with Crippen LogP contribution in [0.1, 0.15) is 31.7 Å². The SMILES string of the molecule is CC1(C(=O)NCc2ccc(Cl)cc2)CCCCN1.Cl. The minimum atomic E-state index is -0.412. The molecule has 0 aromatic heterocycles. The fourth-order valence-electron chi connectivity index (χ4n) is 2.23. The molecule has 0 saturated carbocycles. The molecule has 2 rings (SSSR count). The molecule has 3 nitrogen and oxygen atoms in total. The first-order valence-corrected chi connectivity index (χ1v) is 6.76. The van der Waals surface area contributed by atoms with Crippen molar-refractivity contribution in [1.29, 1.82) is 0 Å². The van der Waals surface area contributed by atoms with Gasteiger partial charge in [0.25, 0.3) is 0 Å². The number of nitrogens with one attached hydrogen (secondary N) is 2. The number of amides is 1. The molecule has 5 heteroatoms. The molecular formula is C14H20Cl2N2O. The first-order chi connectivity index (χ1) is 8.60. The Labute approximate surface area is 125 Å². The third kappa shape index (κ3) is 4.37. The van der Waals surface area contributed by atoms with Crippen molar-refractivity contribution in [3.63, 3.8) is 0 Å². The number of halogens is 2. The summed E-state index contributed by atoms with van der Waals surface area (Å²) in [4.78, 5) is 12.2. The van der Waals surface area contributed by atoms with Gasteiger partial charge in [-0.25, -0.2) is 0 Å². The van der Waals surface area contributed by atoms with Crippen molar-refractivity contribution >= 4 is 29.9 Å². The average Bonchev–Trinajstić information content (AvgIpc) is 2.38. The summed E-state index contributed by atoms with van der Waals surface area (Å²) in [5, 5.41) is 7.01. The van der Waals surface area contributed by atoms with Crippen molar-refractivity contribution in [2.45, 2.75) is 38.3 Å². The maximum Gasteiger partial charge on any atom is 0.240 e. The molecule has 1 aromatic rings. The highest BCUT2D eigenvalue weighted by atomic mass is 35.5. The molecule has 106 valence electrons. The van der Waals surface area contributed by atoms with Crippen LogP contribution in [0.2, 0.25) is 5.02 Å². The quantitative estimate of drug-likeness (QED) is 0.901. The van der Waals surface area contributed by atoms with E-state index >= 15 is 0 Å².